The summed E-state index contributed by atoms with van der Waals surface area (Å²) < 4.78 is 10.9. The van der Waals surface area contributed by atoms with Crippen molar-refractivity contribution in [3.63, 3.8) is 0 Å². The van der Waals surface area contributed by atoms with E-state index in [0.29, 0.717) is 13.2 Å². The molecule has 0 aromatic heterocycles. The van der Waals surface area contributed by atoms with Crippen LogP contribution in [0.15, 0.2) is 59.5 Å². The normalized spacial score (nSPS) is 11.7. The molecule has 2 aromatic rings. The van der Waals surface area contributed by atoms with Crippen LogP contribution in [0.25, 0.3) is 0 Å². The summed E-state index contributed by atoms with van der Waals surface area (Å²) in [5.41, 5.74) is 1.14. The lowest BCUT2D eigenvalue weighted by atomic mass is 10.2. The van der Waals surface area contributed by atoms with E-state index in [1.54, 1.807) is 0 Å². The van der Waals surface area contributed by atoms with Gasteiger partial charge in [0.05, 0.1) is 6.61 Å². The highest BCUT2D eigenvalue weighted by atomic mass is 32.2. The van der Waals surface area contributed by atoms with E-state index in [9.17, 15) is 4.79 Å². The standard InChI is InChI=1S/C19H22O3S/c1-3-18(19(20)21-4-2)23-17-12-10-16(11-13-17)22-14-15-8-6-5-7-9-15/h5-13,18H,3-4,14H2,1-2H3. The van der Waals surface area contributed by atoms with Crippen LogP contribution in [0.1, 0.15) is 25.8 Å². The van der Waals surface area contributed by atoms with Crippen molar-refractivity contribution in [1.82, 2.24) is 0 Å². The van der Waals surface area contributed by atoms with Gasteiger partial charge in [0.2, 0.25) is 0 Å². The number of thioether (sulfide) groups is 1. The molecule has 0 fully saturated rings. The maximum Gasteiger partial charge on any atom is 0.319 e. The molecule has 0 aliphatic heterocycles. The fraction of sp³-hybridized carbons (Fsp3) is 0.316. The molecule has 2 rings (SSSR count). The molecule has 0 saturated heterocycles. The molecular weight excluding hydrogens is 308 g/mol. The zero-order valence-corrected chi connectivity index (χ0v) is 14.3. The largest absolute Gasteiger partial charge is 0.489 e. The molecule has 0 N–H and O–H groups in total. The van der Waals surface area contributed by atoms with E-state index in [-0.39, 0.29) is 11.2 Å². The summed E-state index contributed by atoms with van der Waals surface area (Å²) in [6.45, 7) is 4.79. The molecule has 0 spiro atoms. The van der Waals surface area contributed by atoms with E-state index in [4.69, 9.17) is 9.47 Å². The Morgan fingerprint density at radius 2 is 1.74 bits per heavy atom. The quantitative estimate of drug-likeness (QED) is 0.519. The number of ether oxygens (including phenoxy) is 2. The lowest BCUT2D eigenvalue weighted by Crippen LogP contribution is -2.19. The first-order valence-electron chi connectivity index (χ1n) is 7.83. The highest BCUT2D eigenvalue weighted by molar-refractivity contribution is 8.00. The highest BCUT2D eigenvalue weighted by Crippen LogP contribution is 2.28. The van der Waals surface area contributed by atoms with Crippen LogP contribution in [-0.2, 0) is 16.1 Å². The predicted molar refractivity (Wildman–Crippen MR) is 93.8 cm³/mol. The third kappa shape index (κ3) is 5.64. The Hall–Kier alpha value is -1.94. The second-order valence-corrected chi connectivity index (χ2v) is 6.29. The van der Waals surface area contributed by atoms with Crippen LogP contribution in [0.2, 0.25) is 0 Å². The van der Waals surface area contributed by atoms with Gasteiger partial charge in [-0.1, -0.05) is 37.3 Å². The van der Waals surface area contributed by atoms with Crippen molar-refractivity contribution in [2.45, 2.75) is 37.0 Å². The summed E-state index contributed by atoms with van der Waals surface area (Å²) in [6.07, 6.45) is 0.746. The van der Waals surface area contributed by atoms with Gasteiger partial charge in [-0.2, -0.15) is 0 Å². The topological polar surface area (TPSA) is 35.5 Å². The highest BCUT2D eigenvalue weighted by Gasteiger charge is 2.18. The second-order valence-electron chi connectivity index (χ2n) is 5.01. The number of hydrogen-bond donors (Lipinski definition) is 0. The Balaban J connectivity index is 1.89. The smallest absolute Gasteiger partial charge is 0.319 e. The van der Waals surface area contributed by atoms with Crippen LogP contribution >= 0.6 is 11.8 Å². The Morgan fingerprint density at radius 1 is 1.04 bits per heavy atom. The molecule has 122 valence electrons. The van der Waals surface area contributed by atoms with Gasteiger partial charge in [0.25, 0.3) is 0 Å². The number of carbonyl (C=O) groups excluding carboxylic acids is 1. The minimum absolute atomic E-state index is 0.149. The summed E-state index contributed by atoms with van der Waals surface area (Å²) in [4.78, 5) is 12.9. The third-order valence-corrected chi connectivity index (χ3v) is 4.63. The number of benzene rings is 2. The van der Waals surface area contributed by atoms with Crippen LogP contribution in [0.3, 0.4) is 0 Å². The molecule has 0 bridgehead atoms. The van der Waals surface area contributed by atoms with E-state index in [1.807, 2.05) is 68.4 Å². The molecule has 0 amide bonds. The number of rotatable bonds is 8. The Labute approximate surface area is 142 Å². The van der Waals surface area contributed by atoms with Crippen LogP contribution < -0.4 is 4.74 Å². The monoisotopic (exact) mass is 330 g/mol. The van der Waals surface area contributed by atoms with Gasteiger partial charge in [-0.25, -0.2) is 0 Å². The zero-order chi connectivity index (χ0) is 16.5. The van der Waals surface area contributed by atoms with Crippen LogP contribution in [0.4, 0.5) is 0 Å². The van der Waals surface area contributed by atoms with Gasteiger partial charge in [-0.05, 0) is 43.2 Å². The van der Waals surface area contributed by atoms with Gasteiger partial charge in [0.1, 0.15) is 17.6 Å². The summed E-state index contributed by atoms with van der Waals surface area (Å²) in [5.74, 6) is 0.673. The average Bonchev–Trinajstić information content (AvgIpc) is 2.60. The van der Waals surface area contributed by atoms with E-state index in [1.165, 1.54) is 11.8 Å². The molecule has 0 heterocycles. The Morgan fingerprint density at radius 3 is 2.35 bits per heavy atom. The Kier molecular flexibility index (Phi) is 7.01. The van der Waals surface area contributed by atoms with E-state index in [2.05, 4.69) is 0 Å². The zero-order valence-electron chi connectivity index (χ0n) is 13.5. The van der Waals surface area contributed by atoms with Crippen molar-refractivity contribution in [3.05, 3.63) is 60.2 Å². The minimum Gasteiger partial charge on any atom is -0.489 e. The van der Waals surface area contributed by atoms with Crippen molar-refractivity contribution in [2.24, 2.45) is 0 Å². The maximum absolute atomic E-state index is 11.8. The summed E-state index contributed by atoms with van der Waals surface area (Å²) in [7, 11) is 0. The van der Waals surface area contributed by atoms with E-state index < -0.39 is 0 Å². The lowest BCUT2D eigenvalue weighted by Gasteiger charge is -2.13. The molecule has 0 aliphatic carbocycles. The fourth-order valence-electron chi connectivity index (χ4n) is 2.05. The number of hydrogen-bond acceptors (Lipinski definition) is 4. The molecule has 1 unspecified atom stereocenters. The van der Waals surface area contributed by atoms with Gasteiger partial charge < -0.3 is 9.47 Å². The molecule has 23 heavy (non-hydrogen) atoms. The first-order chi connectivity index (χ1) is 11.2. The first-order valence-corrected chi connectivity index (χ1v) is 8.71. The summed E-state index contributed by atoms with van der Waals surface area (Å²) in [6, 6.07) is 17.9. The molecule has 4 heteroatoms. The van der Waals surface area contributed by atoms with Gasteiger partial charge >= 0.3 is 5.97 Å². The maximum atomic E-state index is 11.8. The van der Waals surface area contributed by atoms with Gasteiger partial charge in [0, 0.05) is 4.90 Å². The number of esters is 1. The van der Waals surface area contributed by atoms with Crippen molar-refractivity contribution >= 4 is 17.7 Å². The first kappa shape index (κ1) is 17.4. The van der Waals surface area contributed by atoms with Crippen molar-refractivity contribution in [1.29, 1.82) is 0 Å². The molecule has 0 radical (unpaired) electrons. The second kappa shape index (κ2) is 9.26. The molecule has 1 atom stereocenters. The SMILES string of the molecule is CCOC(=O)C(CC)Sc1ccc(OCc2ccccc2)cc1. The lowest BCUT2D eigenvalue weighted by molar-refractivity contribution is -0.142. The van der Waals surface area contributed by atoms with Crippen LogP contribution in [0.5, 0.6) is 5.75 Å². The average molecular weight is 330 g/mol. The van der Waals surface area contributed by atoms with E-state index in [0.717, 1.165) is 22.6 Å². The van der Waals surface area contributed by atoms with Crippen molar-refractivity contribution < 1.29 is 14.3 Å². The fourth-order valence-corrected chi connectivity index (χ4v) is 3.01. The predicted octanol–water partition coefficient (Wildman–Crippen LogP) is 4.70. The van der Waals surface area contributed by atoms with Crippen molar-refractivity contribution in [3.8, 4) is 5.75 Å². The van der Waals surface area contributed by atoms with Crippen molar-refractivity contribution in [2.75, 3.05) is 6.61 Å². The summed E-state index contributed by atoms with van der Waals surface area (Å²) >= 11 is 1.53. The minimum atomic E-state index is -0.161. The third-order valence-electron chi connectivity index (χ3n) is 3.27. The molecule has 3 nitrogen and oxygen atoms in total. The molecular formula is C19H22O3S. The van der Waals surface area contributed by atoms with Gasteiger partial charge in [-0.3, -0.25) is 4.79 Å². The summed E-state index contributed by atoms with van der Waals surface area (Å²) in [5, 5.41) is -0.161. The molecule has 0 saturated carbocycles. The number of carbonyl (C=O) groups is 1. The molecule has 0 aliphatic rings. The van der Waals surface area contributed by atoms with Crippen LogP contribution in [-0.4, -0.2) is 17.8 Å². The van der Waals surface area contributed by atoms with Gasteiger partial charge in [-0.15, -0.1) is 11.8 Å². The van der Waals surface area contributed by atoms with Crippen LogP contribution in [0, 0.1) is 0 Å². The van der Waals surface area contributed by atoms with Gasteiger partial charge in [0.15, 0.2) is 0 Å². The Bertz CT molecular complexity index is 596. The molecule has 2 aromatic carbocycles. The van der Waals surface area contributed by atoms with E-state index >= 15 is 0 Å².